The van der Waals surface area contributed by atoms with Gasteiger partial charge in [-0.25, -0.2) is 0 Å². The van der Waals surface area contributed by atoms with Gasteiger partial charge in [-0.1, -0.05) is 30.3 Å². The van der Waals surface area contributed by atoms with Gasteiger partial charge in [-0.2, -0.15) is 0 Å². The van der Waals surface area contributed by atoms with Crippen LogP contribution in [0.5, 0.6) is 0 Å². The standard InChI is InChI=1S/C14H12O/c1-9-5-6-10-7-8-13(15)12-4-2-3-11(9)14(10)12/h2-6H,7-8H2,1H3. The molecule has 1 heteroatoms. The second-order valence-corrected chi connectivity index (χ2v) is 4.19. The van der Waals surface area contributed by atoms with Crippen molar-refractivity contribution < 1.29 is 4.79 Å². The highest BCUT2D eigenvalue weighted by atomic mass is 16.1. The number of aryl methyl sites for hydroxylation is 2. The quantitative estimate of drug-likeness (QED) is 0.632. The molecule has 2 aromatic rings. The molecule has 74 valence electrons. The van der Waals surface area contributed by atoms with Crippen LogP contribution in [-0.2, 0) is 6.42 Å². The predicted octanol–water partition coefficient (Wildman–Crippen LogP) is 3.28. The van der Waals surface area contributed by atoms with Crippen molar-refractivity contribution in [2.45, 2.75) is 19.8 Å². The van der Waals surface area contributed by atoms with Gasteiger partial charge in [0, 0.05) is 12.0 Å². The molecular formula is C14H12O. The Morgan fingerprint density at radius 2 is 1.93 bits per heavy atom. The molecule has 1 nitrogen and oxygen atoms in total. The average Bonchev–Trinajstić information content (AvgIpc) is 2.27. The normalized spacial score (nSPS) is 14.6. The Morgan fingerprint density at radius 1 is 1.07 bits per heavy atom. The molecule has 1 aliphatic rings. The fraction of sp³-hybridized carbons (Fsp3) is 0.214. The minimum atomic E-state index is 0.290. The van der Waals surface area contributed by atoms with E-state index in [-0.39, 0.29) is 0 Å². The first-order valence-corrected chi connectivity index (χ1v) is 5.32. The molecule has 0 saturated heterocycles. The second kappa shape index (κ2) is 2.93. The summed E-state index contributed by atoms with van der Waals surface area (Å²) in [6.45, 7) is 2.10. The van der Waals surface area contributed by atoms with Crippen LogP contribution in [0.4, 0.5) is 0 Å². The number of hydrogen-bond donors (Lipinski definition) is 0. The summed E-state index contributed by atoms with van der Waals surface area (Å²) in [5.41, 5.74) is 3.49. The molecule has 1 aliphatic carbocycles. The zero-order valence-electron chi connectivity index (χ0n) is 8.71. The van der Waals surface area contributed by atoms with Gasteiger partial charge in [0.05, 0.1) is 0 Å². The summed E-state index contributed by atoms with van der Waals surface area (Å²) in [4.78, 5) is 11.8. The predicted molar refractivity (Wildman–Crippen MR) is 61.3 cm³/mol. The zero-order valence-corrected chi connectivity index (χ0v) is 8.71. The van der Waals surface area contributed by atoms with Crippen molar-refractivity contribution in [1.29, 1.82) is 0 Å². The third kappa shape index (κ3) is 1.13. The van der Waals surface area contributed by atoms with Gasteiger partial charge in [-0.3, -0.25) is 4.79 Å². The third-order valence-electron chi connectivity index (χ3n) is 3.27. The molecule has 15 heavy (non-hydrogen) atoms. The maximum absolute atomic E-state index is 11.8. The molecule has 0 atom stereocenters. The maximum Gasteiger partial charge on any atom is 0.163 e. The van der Waals surface area contributed by atoms with E-state index in [1.807, 2.05) is 12.1 Å². The molecule has 0 aromatic heterocycles. The van der Waals surface area contributed by atoms with Crippen LogP contribution < -0.4 is 0 Å². The summed E-state index contributed by atoms with van der Waals surface area (Å²) in [5.74, 6) is 0.290. The van der Waals surface area contributed by atoms with Gasteiger partial charge in [0.1, 0.15) is 0 Å². The summed E-state index contributed by atoms with van der Waals surface area (Å²) in [7, 11) is 0. The average molecular weight is 196 g/mol. The molecule has 0 radical (unpaired) electrons. The fourth-order valence-electron chi connectivity index (χ4n) is 2.45. The minimum Gasteiger partial charge on any atom is -0.294 e. The summed E-state index contributed by atoms with van der Waals surface area (Å²) in [6, 6.07) is 10.4. The Morgan fingerprint density at radius 3 is 2.80 bits per heavy atom. The minimum absolute atomic E-state index is 0.290. The molecule has 0 amide bonds. The Balaban J connectivity index is 2.53. The van der Waals surface area contributed by atoms with Crippen molar-refractivity contribution in [2.24, 2.45) is 0 Å². The van der Waals surface area contributed by atoms with Crippen LogP contribution in [0.25, 0.3) is 10.8 Å². The highest BCUT2D eigenvalue weighted by Crippen LogP contribution is 2.31. The number of hydrogen-bond acceptors (Lipinski definition) is 1. The van der Waals surface area contributed by atoms with E-state index >= 15 is 0 Å². The Bertz CT molecular complexity index is 567. The Hall–Kier alpha value is -1.63. The van der Waals surface area contributed by atoms with Crippen LogP contribution in [0.1, 0.15) is 27.9 Å². The van der Waals surface area contributed by atoms with E-state index in [0.717, 1.165) is 12.0 Å². The van der Waals surface area contributed by atoms with Gasteiger partial charge >= 0.3 is 0 Å². The van der Waals surface area contributed by atoms with E-state index < -0.39 is 0 Å². The summed E-state index contributed by atoms with van der Waals surface area (Å²) in [5, 5.41) is 2.42. The van der Waals surface area contributed by atoms with Crippen LogP contribution in [0.15, 0.2) is 30.3 Å². The van der Waals surface area contributed by atoms with E-state index in [1.165, 1.54) is 21.9 Å². The van der Waals surface area contributed by atoms with Gasteiger partial charge < -0.3 is 0 Å². The lowest BCUT2D eigenvalue weighted by atomic mass is 9.86. The zero-order chi connectivity index (χ0) is 10.4. The number of carbonyl (C=O) groups is 1. The SMILES string of the molecule is Cc1ccc2c3c(cccc13)C(=O)CC2. The van der Waals surface area contributed by atoms with Gasteiger partial charge in [0.2, 0.25) is 0 Å². The first-order chi connectivity index (χ1) is 7.27. The molecule has 0 saturated carbocycles. The summed E-state index contributed by atoms with van der Waals surface area (Å²) in [6.07, 6.45) is 1.56. The number of Topliss-reactive ketones (excluding diaryl/α,β-unsaturated/α-hetero) is 1. The molecule has 0 heterocycles. The molecule has 2 aromatic carbocycles. The van der Waals surface area contributed by atoms with Crippen molar-refractivity contribution >= 4 is 16.6 Å². The van der Waals surface area contributed by atoms with Crippen LogP contribution >= 0.6 is 0 Å². The van der Waals surface area contributed by atoms with E-state index in [2.05, 4.69) is 25.1 Å². The molecule has 0 aliphatic heterocycles. The van der Waals surface area contributed by atoms with Gasteiger partial charge in [-0.05, 0) is 35.2 Å². The molecule has 0 fully saturated rings. The Kier molecular flexibility index (Phi) is 1.69. The summed E-state index contributed by atoms with van der Waals surface area (Å²) < 4.78 is 0. The first kappa shape index (κ1) is 8.66. The van der Waals surface area contributed by atoms with Crippen molar-refractivity contribution in [3.05, 3.63) is 47.0 Å². The number of carbonyl (C=O) groups excluding carboxylic acids is 1. The van der Waals surface area contributed by atoms with Crippen LogP contribution in [0.2, 0.25) is 0 Å². The molecule has 0 unspecified atom stereocenters. The van der Waals surface area contributed by atoms with Gasteiger partial charge in [-0.15, -0.1) is 0 Å². The molecular weight excluding hydrogens is 184 g/mol. The number of rotatable bonds is 0. The van der Waals surface area contributed by atoms with Crippen LogP contribution in [0.3, 0.4) is 0 Å². The lowest BCUT2D eigenvalue weighted by Crippen LogP contribution is -2.09. The molecule has 3 rings (SSSR count). The van der Waals surface area contributed by atoms with Gasteiger partial charge in [0.15, 0.2) is 5.78 Å². The van der Waals surface area contributed by atoms with Crippen LogP contribution in [0, 0.1) is 6.92 Å². The number of ketones is 1. The van der Waals surface area contributed by atoms with E-state index in [1.54, 1.807) is 0 Å². The smallest absolute Gasteiger partial charge is 0.163 e. The summed E-state index contributed by atoms with van der Waals surface area (Å²) >= 11 is 0. The fourth-order valence-corrected chi connectivity index (χ4v) is 2.45. The van der Waals surface area contributed by atoms with E-state index in [0.29, 0.717) is 12.2 Å². The monoisotopic (exact) mass is 196 g/mol. The first-order valence-electron chi connectivity index (χ1n) is 5.32. The van der Waals surface area contributed by atoms with Crippen LogP contribution in [-0.4, -0.2) is 5.78 Å². The molecule has 0 bridgehead atoms. The largest absolute Gasteiger partial charge is 0.294 e. The lowest BCUT2D eigenvalue weighted by molar-refractivity contribution is 0.0982. The van der Waals surface area contributed by atoms with Crippen molar-refractivity contribution in [3.63, 3.8) is 0 Å². The van der Waals surface area contributed by atoms with E-state index in [4.69, 9.17) is 0 Å². The van der Waals surface area contributed by atoms with E-state index in [9.17, 15) is 4.79 Å². The molecule has 0 N–H and O–H groups in total. The van der Waals surface area contributed by atoms with Gasteiger partial charge in [0.25, 0.3) is 0 Å². The third-order valence-corrected chi connectivity index (χ3v) is 3.27. The topological polar surface area (TPSA) is 17.1 Å². The molecule has 0 spiro atoms. The van der Waals surface area contributed by atoms with Crippen molar-refractivity contribution in [2.75, 3.05) is 0 Å². The Labute approximate surface area is 88.7 Å². The maximum atomic E-state index is 11.8. The second-order valence-electron chi connectivity index (χ2n) is 4.19. The number of benzene rings is 2. The van der Waals surface area contributed by atoms with Crippen molar-refractivity contribution in [3.8, 4) is 0 Å². The highest BCUT2D eigenvalue weighted by Gasteiger charge is 2.18. The van der Waals surface area contributed by atoms with Crippen molar-refractivity contribution in [1.82, 2.24) is 0 Å². The highest BCUT2D eigenvalue weighted by molar-refractivity contribution is 6.11. The lowest BCUT2D eigenvalue weighted by Gasteiger charge is -2.17.